The molecule has 9 heteroatoms. The van der Waals surface area contributed by atoms with Crippen LogP contribution in [0.5, 0.6) is 0 Å². The third kappa shape index (κ3) is 4.49. The van der Waals surface area contributed by atoms with E-state index in [-0.39, 0.29) is 5.69 Å². The van der Waals surface area contributed by atoms with Crippen molar-refractivity contribution in [2.24, 2.45) is 0 Å². The molecule has 0 radical (unpaired) electrons. The first kappa shape index (κ1) is 19.9. The van der Waals surface area contributed by atoms with Gasteiger partial charge in [-0.25, -0.2) is 14.2 Å². The number of ether oxygens (including phenoxy) is 1. The number of nitrogens with one attached hydrogen (secondary N) is 1. The van der Waals surface area contributed by atoms with Gasteiger partial charge in [-0.2, -0.15) is 0 Å². The number of nitrogens with zero attached hydrogens (tertiary/aromatic N) is 2. The van der Waals surface area contributed by atoms with E-state index in [2.05, 4.69) is 10.3 Å². The van der Waals surface area contributed by atoms with Crippen molar-refractivity contribution in [2.75, 3.05) is 5.32 Å². The van der Waals surface area contributed by atoms with Crippen molar-refractivity contribution in [3.8, 4) is 5.69 Å². The second-order valence-corrected chi connectivity index (χ2v) is 6.63. The van der Waals surface area contributed by atoms with Gasteiger partial charge < -0.3 is 10.1 Å². The number of carbonyl (C=O) groups excluding carboxylic acids is 2. The summed E-state index contributed by atoms with van der Waals surface area (Å²) in [6, 6.07) is 10.1. The number of esters is 1. The van der Waals surface area contributed by atoms with Crippen molar-refractivity contribution in [2.45, 2.75) is 13.0 Å². The second-order valence-electron chi connectivity index (χ2n) is 5.79. The minimum atomic E-state index is -1.11. The highest BCUT2D eigenvalue weighted by Gasteiger charge is 2.22. The number of hydrogen-bond donors (Lipinski definition) is 1. The summed E-state index contributed by atoms with van der Waals surface area (Å²) in [5, 5.41) is 3.25. The smallest absolute Gasteiger partial charge is 0.357 e. The van der Waals surface area contributed by atoms with E-state index < -0.39 is 23.8 Å². The van der Waals surface area contributed by atoms with Gasteiger partial charge in [-0.1, -0.05) is 23.2 Å². The van der Waals surface area contributed by atoms with Gasteiger partial charge in [0.2, 0.25) is 0 Å². The third-order valence-corrected chi connectivity index (χ3v) is 4.36. The predicted molar refractivity (Wildman–Crippen MR) is 103 cm³/mol. The molecule has 0 fully saturated rings. The van der Waals surface area contributed by atoms with Crippen molar-refractivity contribution in [1.82, 2.24) is 9.55 Å². The first-order valence-corrected chi connectivity index (χ1v) is 8.86. The molecule has 144 valence electrons. The first-order valence-electron chi connectivity index (χ1n) is 8.10. The molecule has 0 aliphatic rings. The molecule has 1 atom stereocenters. The summed E-state index contributed by atoms with van der Waals surface area (Å²) in [6.07, 6.45) is 1.57. The summed E-state index contributed by atoms with van der Waals surface area (Å²) in [4.78, 5) is 28.7. The molecule has 0 aliphatic carbocycles. The van der Waals surface area contributed by atoms with E-state index in [0.29, 0.717) is 21.4 Å². The van der Waals surface area contributed by atoms with Crippen LogP contribution in [0.3, 0.4) is 0 Å². The van der Waals surface area contributed by atoms with E-state index in [1.807, 2.05) is 0 Å². The number of rotatable bonds is 5. The van der Waals surface area contributed by atoms with E-state index >= 15 is 0 Å². The maximum absolute atomic E-state index is 13.1. The average molecular weight is 422 g/mol. The fourth-order valence-electron chi connectivity index (χ4n) is 2.36. The number of hydrogen-bond acceptors (Lipinski definition) is 4. The Bertz CT molecular complexity index is 1020. The van der Waals surface area contributed by atoms with Crippen LogP contribution in [0, 0.1) is 5.82 Å². The molecule has 1 amide bonds. The van der Waals surface area contributed by atoms with Crippen LogP contribution in [-0.2, 0) is 9.53 Å². The summed E-state index contributed by atoms with van der Waals surface area (Å²) in [5.41, 5.74) is 0.916. The topological polar surface area (TPSA) is 73.2 Å². The van der Waals surface area contributed by atoms with E-state index in [1.165, 1.54) is 60.4 Å². The van der Waals surface area contributed by atoms with Gasteiger partial charge in [0, 0.05) is 10.7 Å². The molecule has 1 unspecified atom stereocenters. The molecule has 0 spiro atoms. The van der Waals surface area contributed by atoms with Crippen LogP contribution < -0.4 is 5.32 Å². The normalized spacial score (nSPS) is 11.7. The van der Waals surface area contributed by atoms with Gasteiger partial charge in [0.05, 0.1) is 23.2 Å². The monoisotopic (exact) mass is 421 g/mol. The van der Waals surface area contributed by atoms with Gasteiger partial charge in [0.15, 0.2) is 11.8 Å². The zero-order chi connectivity index (χ0) is 20.3. The lowest BCUT2D eigenvalue weighted by atomic mass is 10.3. The zero-order valence-electron chi connectivity index (χ0n) is 14.5. The summed E-state index contributed by atoms with van der Waals surface area (Å²) < 4.78 is 19.8. The lowest BCUT2D eigenvalue weighted by Crippen LogP contribution is -2.30. The minimum Gasteiger partial charge on any atom is -0.448 e. The van der Waals surface area contributed by atoms with Gasteiger partial charge in [-0.3, -0.25) is 9.36 Å². The Morgan fingerprint density at radius 2 is 1.89 bits per heavy atom. The number of benzene rings is 2. The number of imidazole rings is 1. The van der Waals surface area contributed by atoms with Gasteiger partial charge in [0.25, 0.3) is 5.91 Å². The highest BCUT2D eigenvalue weighted by molar-refractivity contribution is 6.35. The van der Waals surface area contributed by atoms with Crippen molar-refractivity contribution in [1.29, 1.82) is 0 Å². The van der Waals surface area contributed by atoms with E-state index in [9.17, 15) is 14.0 Å². The highest BCUT2D eigenvalue weighted by Crippen LogP contribution is 2.25. The third-order valence-electron chi connectivity index (χ3n) is 3.79. The standard InChI is InChI=1S/C19H14Cl2FN3O3/c1-11(18(26)24-16-8-12(20)2-7-15(16)21)28-19(27)17-9-23-10-25(17)14-5-3-13(22)4-6-14/h2-11H,1H3,(H,24,26). The first-order chi connectivity index (χ1) is 13.3. The maximum atomic E-state index is 13.1. The van der Waals surface area contributed by atoms with Crippen LogP contribution in [0.25, 0.3) is 5.69 Å². The lowest BCUT2D eigenvalue weighted by molar-refractivity contribution is -0.123. The summed E-state index contributed by atoms with van der Waals surface area (Å²) in [5.74, 6) is -1.75. The fraction of sp³-hybridized carbons (Fsp3) is 0.105. The Kier molecular flexibility index (Phi) is 5.96. The molecule has 6 nitrogen and oxygen atoms in total. The second kappa shape index (κ2) is 8.41. The Balaban J connectivity index is 1.71. The van der Waals surface area contributed by atoms with Gasteiger partial charge in [-0.15, -0.1) is 0 Å². The van der Waals surface area contributed by atoms with Crippen LogP contribution in [0.4, 0.5) is 10.1 Å². The van der Waals surface area contributed by atoms with E-state index in [4.69, 9.17) is 27.9 Å². The van der Waals surface area contributed by atoms with Gasteiger partial charge >= 0.3 is 5.97 Å². The summed E-state index contributed by atoms with van der Waals surface area (Å²) >= 11 is 11.9. The molecule has 3 rings (SSSR count). The molecule has 0 aliphatic heterocycles. The average Bonchev–Trinajstić information content (AvgIpc) is 3.15. The minimum absolute atomic E-state index is 0.0899. The van der Waals surface area contributed by atoms with Crippen molar-refractivity contribution in [3.63, 3.8) is 0 Å². The number of anilines is 1. The summed E-state index contributed by atoms with van der Waals surface area (Å²) in [6.45, 7) is 1.42. The van der Waals surface area contributed by atoms with Gasteiger partial charge in [-0.05, 0) is 49.4 Å². The van der Waals surface area contributed by atoms with E-state index in [1.54, 1.807) is 6.07 Å². The van der Waals surface area contributed by atoms with Crippen LogP contribution >= 0.6 is 23.2 Å². The SMILES string of the molecule is CC(OC(=O)c1cncn1-c1ccc(F)cc1)C(=O)Nc1cc(Cl)ccc1Cl. The molecule has 1 N–H and O–H groups in total. The predicted octanol–water partition coefficient (Wildman–Crippen LogP) is 4.50. The lowest BCUT2D eigenvalue weighted by Gasteiger charge is -2.15. The Hall–Kier alpha value is -2.90. The quantitative estimate of drug-likeness (QED) is 0.615. The maximum Gasteiger partial charge on any atom is 0.357 e. The van der Waals surface area contributed by atoms with Crippen LogP contribution in [0.15, 0.2) is 55.0 Å². The molecule has 0 saturated heterocycles. The molecule has 3 aromatic rings. The molecule has 0 bridgehead atoms. The largest absolute Gasteiger partial charge is 0.448 e. The number of aromatic nitrogens is 2. The molecular formula is C19H14Cl2FN3O3. The van der Waals surface area contributed by atoms with Crippen LogP contribution in [-0.4, -0.2) is 27.5 Å². The Morgan fingerprint density at radius 1 is 1.18 bits per heavy atom. The van der Waals surface area contributed by atoms with Crippen LogP contribution in [0.1, 0.15) is 17.4 Å². The number of carbonyl (C=O) groups is 2. The summed E-state index contributed by atoms with van der Waals surface area (Å²) in [7, 11) is 0. The van der Waals surface area contributed by atoms with E-state index in [0.717, 1.165) is 0 Å². The molecule has 0 saturated carbocycles. The zero-order valence-corrected chi connectivity index (χ0v) is 16.0. The molecular weight excluding hydrogens is 408 g/mol. The molecule has 1 heterocycles. The van der Waals surface area contributed by atoms with Crippen molar-refractivity contribution in [3.05, 3.63) is 76.5 Å². The number of halogens is 3. The Labute approximate surface area is 169 Å². The Morgan fingerprint density at radius 3 is 2.61 bits per heavy atom. The van der Waals surface area contributed by atoms with Crippen molar-refractivity contribution < 1.29 is 18.7 Å². The molecule has 1 aromatic heterocycles. The fourth-order valence-corrected chi connectivity index (χ4v) is 2.69. The van der Waals surface area contributed by atoms with Crippen molar-refractivity contribution >= 4 is 40.8 Å². The molecule has 2 aromatic carbocycles. The van der Waals surface area contributed by atoms with Gasteiger partial charge in [0.1, 0.15) is 5.82 Å². The molecule has 28 heavy (non-hydrogen) atoms. The highest BCUT2D eigenvalue weighted by atomic mass is 35.5. The van der Waals surface area contributed by atoms with Crippen LogP contribution in [0.2, 0.25) is 10.0 Å². The number of amides is 1.